The van der Waals surface area contributed by atoms with E-state index in [0.717, 1.165) is 31.0 Å². The maximum atomic E-state index is 3.74. The third-order valence-corrected chi connectivity index (χ3v) is 3.32. The van der Waals surface area contributed by atoms with E-state index in [4.69, 9.17) is 0 Å². The van der Waals surface area contributed by atoms with Gasteiger partial charge in [-0.15, -0.1) is 0 Å². The number of hydrogen-bond donors (Lipinski definition) is 2. The molecular weight excluding hydrogens is 172 g/mol. The van der Waals surface area contributed by atoms with E-state index in [1.807, 2.05) is 0 Å². The van der Waals surface area contributed by atoms with Crippen molar-refractivity contribution in [2.24, 2.45) is 11.8 Å². The van der Waals surface area contributed by atoms with Gasteiger partial charge in [0.2, 0.25) is 0 Å². The summed E-state index contributed by atoms with van der Waals surface area (Å²) in [5.41, 5.74) is 0. The third-order valence-electron chi connectivity index (χ3n) is 3.32. The van der Waals surface area contributed by atoms with Crippen LogP contribution in [-0.2, 0) is 0 Å². The van der Waals surface area contributed by atoms with E-state index in [1.165, 1.54) is 25.7 Å². The number of rotatable bonds is 7. The Morgan fingerprint density at radius 3 is 1.86 bits per heavy atom. The molecule has 2 heteroatoms. The Balaban J connectivity index is 1.57. The standard InChI is InChI=1S/C12H24N2/c1-9(2)13-7-8-14-12(10-3-4-10)11-5-6-11/h9-14H,3-8H2,1-2H3. The van der Waals surface area contributed by atoms with Crippen LogP contribution in [0.5, 0.6) is 0 Å². The largest absolute Gasteiger partial charge is 0.313 e. The summed E-state index contributed by atoms with van der Waals surface area (Å²) in [6.45, 7) is 6.68. The predicted octanol–water partition coefficient (Wildman–Crippen LogP) is 1.76. The molecule has 0 radical (unpaired) electrons. The molecule has 2 N–H and O–H groups in total. The molecule has 0 amide bonds. The van der Waals surface area contributed by atoms with Crippen molar-refractivity contribution in [2.45, 2.75) is 51.6 Å². The van der Waals surface area contributed by atoms with Gasteiger partial charge in [0.05, 0.1) is 0 Å². The molecule has 2 nitrogen and oxygen atoms in total. The van der Waals surface area contributed by atoms with Gasteiger partial charge < -0.3 is 10.6 Å². The highest BCUT2D eigenvalue weighted by molar-refractivity contribution is 4.96. The lowest BCUT2D eigenvalue weighted by Gasteiger charge is -2.18. The summed E-state index contributed by atoms with van der Waals surface area (Å²) in [6, 6.07) is 1.49. The number of nitrogens with one attached hydrogen (secondary N) is 2. The fourth-order valence-corrected chi connectivity index (χ4v) is 2.23. The second kappa shape index (κ2) is 4.63. The molecule has 0 unspecified atom stereocenters. The molecule has 0 aromatic rings. The Morgan fingerprint density at radius 2 is 1.43 bits per heavy atom. The van der Waals surface area contributed by atoms with Gasteiger partial charge in [0.1, 0.15) is 0 Å². The van der Waals surface area contributed by atoms with Crippen molar-refractivity contribution in [3.63, 3.8) is 0 Å². The van der Waals surface area contributed by atoms with E-state index in [9.17, 15) is 0 Å². The van der Waals surface area contributed by atoms with Gasteiger partial charge in [-0.3, -0.25) is 0 Å². The third kappa shape index (κ3) is 3.25. The van der Waals surface area contributed by atoms with Gasteiger partial charge in [-0.2, -0.15) is 0 Å². The van der Waals surface area contributed by atoms with Crippen molar-refractivity contribution < 1.29 is 0 Å². The van der Waals surface area contributed by atoms with Crippen LogP contribution in [0.15, 0.2) is 0 Å². The first kappa shape index (κ1) is 10.4. The van der Waals surface area contributed by atoms with Gasteiger partial charge >= 0.3 is 0 Å². The molecule has 14 heavy (non-hydrogen) atoms. The van der Waals surface area contributed by atoms with Crippen LogP contribution < -0.4 is 10.6 Å². The lowest BCUT2D eigenvalue weighted by Crippen LogP contribution is -2.39. The van der Waals surface area contributed by atoms with E-state index in [-0.39, 0.29) is 0 Å². The smallest absolute Gasteiger partial charge is 0.0124 e. The van der Waals surface area contributed by atoms with Crippen molar-refractivity contribution in [3.05, 3.63) is 0 Å². The lowest BCUT2D eigenvalue weighted by atomic mass is 10.1. The maximum absolute atomic E-state index is 3.74. The topological polar surface area (TPSA) is 24.1 Å². The maximum Gasteiger partial charge on any atom is 0.0124 e. The monoisotopic (exact) mass is 196 g/mol. The van der Waals surface area contributed by atoms with Crippen LogP contribution in [0, 0.1) is 11.8 Å². The molecule has 0 bridgehead atoms. The van der Waals surface area contributed by atoms with Crippen LogP contribution in [0.3, 0.4) is 0 Å². The zero-order valence-corrected chi connectivity index (χ0v) is 9.55. The molecule has 0 aliphatic heterocycles. The second-order valence-electron chi connectivity index (χ2n) is 5.26. The molecule has 0 atom stereocenters. The minimum absolute atomic E-state index is 0.622. The Bertz CT molecular complexity index is 159. The van der Waals surface area contributed by atoms with Gasteiger partial charge in [0.25, 0.3) is 0 Å². The Morgan fingerprint density at radius 1 is 0.929 bits per heavy atom. The molecule has 0 saturated heterocycles. The van der Waals surface area contributed by atoms with Gasteiger partial charge in [0, 0.05) is 25.2 Å². The first-order valence-electron chi connectivity index (χ1n) is 6.24. The average Bonchev–Trinajstić information content (AvgIpc) is 2.99. The van der Waals surface area contributed by atoms with Crippen LogP contribution >= 0.6 is 0 Å². The van der Waals surface area contributed by atoms with Crippen LogP contribution in [0.4, 0.5) is 0 Å². The zero-order chi connectivity index (χ0) is 9.97. The summed E-state index contributed by atoms with van der Waals surface area (Å²) in [6.07, 6.45) is 5.91. The Kier molecular flexibility index (Phi) is 3.45. The summed E-state index contributed by atoms with van der Waals surface area (Å²) in [4.78, 5) is 0. The molecule has 0 heterocycles. The van der Waals surface area contributed by atoms with Gasteiger partial charge in [-0.25, -0.2) is 0 Å². The predicted molar refractivity (Wildman–Crippen MR) is 60.4 cm³/mol. The summed E-state index contributed by atoms with van der Waals surface area (Å²) < 4.78 is 0. The zero-order valence-electron chi connectivity index (χ0n) is 9.55. The van der Waals surface area contributed by atoms with Crippen LogP contribution in [0.25, 0.3) is 0 Å². The fraction of sp³-hybridized carbons (Fsp3) is 1.00. The highest BCUT2D eigenvalue weighted by Crippen LogP contribution is 2.44. The summed E-state index contributed by atoms with van der Waals surface area (Å²) in [7, 11) is 0. The highest BCUT2D eigenvalue weighted by Gasteiger charge is 2.40. The van der Waals surface area contributed by atoms with Crippen molar-refractivity contribution in [1.29, 1.82) is 0 Å². The van der Waals surface area contributed by atoms with E-state index in [1.54, 1.807) is 0 Å². The molecule has 0 spiro atoms. The molecule has 0 aromatic carbocycles. The first-order chi connectivity index (χ1) is 6.77. The molecule has 0 aromatic heterocycles. The van der Waals surface area contributed by atoms with Crippen molar-refractivity contribution in [1.82, 2.24) is 10.6 Å². The van der Waals surface area contributed by atoms with E-state index >= 15 is 0 Å². The fourth-order valence-electron chi connectivity index (χ4n) is 2.23. The van der Waals surface area contributed by atoms with Crippen LogP contribution in [0.1, 0.15) is 39.5 Å². The van der Waals surface area contributed by atoms with E-state index in [0.29, 0.717) is 6.04 Å². The van der Waals surface area contributed by atoms with Crippen molar-refractivity contribution >= 4 is 0 Å². The van der Waals surface area contributed by atoms with E-state index < -0.39 is 0 Å². The SMILES string of the molecule is CC(C)NCCNC(C1CC1)C1CC1. The van der Waals surface area contributed by atoms with Crippen molar-refractivity contribution in [2.75, 3.05) is 13.1 Å². The minimum atomic E-state index is 0.622. The Labute approximate surface area is 87.8 Å². The molecule has 2 aliphatic carbocycles. The van der Waals surface area contributed by atoms with Crippen LogP contribution in [-0.4, -0.2) is 25.2 Å². The van der Waals surface area contributed by atoms with Crippen LogP contribution in [0.2, 0.25) is 0 Å². The minimum Gasteiger partial charge on any atom is -0.313 e. The second-order valence-corrected chi connectivity index (χ2v) is 5.26. The average molecular weight is 196 g/mol. The van der Waals surface area contributed by atoms with Gasteiger partial charge in [-0.1, -0.05) is 13.8 Å². The first-order valence-corrected chi connectivity index (χ1v) is 6.24. The highest BCUT2D eigenvalue weighted by atomic mass is 15.0. The molecule has 2 saturated carbocycles. The van der Waals surface area contributed by atoms with Gasteiger partial charge in [0.15, 0.2) is 0 Å². The quantitative estimate of drug-likeness (QED) is 0.606. The van der Waals surface area contributed by atoms with E-state index in [2.05, 4.69) is 24.5 Å². The lowest BCUT2D eigenvalue weighted by molar-refractivity contribution is 0.409. The Hall–Kier alpha value is -0.0800. The number of hydrogen-bond acceptors (Lipinski definition) is 2. The molecular formula is C12H24N2. The molecule has 2 aliphatic rings. The molecule has 82 valence electrons. The normalized spacial score (nSPS) is 22.3. The summed E-state index contributed by atoms with van der Waals surface area (Å²) in [5.74, 6) is 2.06. The van der Waals surface area contributed by atoms with Gasteiger partial charge in [-0.05, 0) is 37.5 Å². The summed E-state index contributed by atoms with van der Waals surface area (Å²) in [5, 5.41) is 7.19. The summed E-state index contributed by atoms with van der Waals surface area (Å²) >= 11 is 0. The van der Waals surface area contributed by atoms with Crippen molar-refractivity contribution in [3.8, 4) is 0 Å². The molecule has 2 fully saturated rings. The molecule has 2 rings (SSSR count).